The number of hydrogen-bond acceptors (Lipinski definition) is 5. The first-order chi connectivity index (χ1) is 11.3. The van der Waals surface area contributed by atoms with Gasteiger partial charge in [-0.1, -0.05) is 13.0 Å². The second kappa shape index (κ2) is 7.42. The molecule has 2 rings (SSSR count). The highest BCUT2D eigenvalue weighted by Gasteiger charge is 2.28. The number of amides is 1. The van der Waals surface area contributed by atoms with Crippen LogP contribution in [0.3, 0.4) is 0 Å². The van der Waals surface area contributed by atoms with Crippen molar-refractivity contribution in [3.8, 4) is 0 Å². The first kappa shape index (κ1) is 17.9. The zero-order valence-electron chi connectivity index (χ0n) is 14.2. The summed E-state index contributed by atoms with van der Waals surface area (Å²) in [5, 5.41) is 11.0. The van der Waals surface area contributed by atoms with Crippen molar-refractivity contribution in [1.82, 2.24) is 4.90 Å². The summed E-state index contributed by atoms with van der Waals surface area (Å²) < 4.78 is 5.24. The molecule has 1 atom stereocenters. The van der Waals surface area contributed by atoms with Crippen LogP contribution in [-0.4, -0.2) is 40.9 Å². The average Bonchev–Trinajstić information content (AvgIpc) is 2.54. The van der Waals surface area contributed by atoms with Crippen LogP contribution in [0, 0.1) is 23.0 Å². The maximum Gasteiger partial charge on any atom is 0.339 e. The van der Waals surface area contributed by atoms with E-state index in [-0.39, 0.29) is 22.7 Å². The van der Waals surface area contributed by atoms with Crippen LogP contribution in [0.1, 0.15) is 42.6 Å². The number of carbonyl (C=O) groups is 2. The molecule has 0 aromatic heterocycles. The molecular weight excluding hydrogens is 312 g/mol. The molecule has 130 valence electrons. The van der Waals surface area contributed by atoms with Crippen molar-refractivity contribution in [1.29, 1.82) is 0 Å². The van der Waals surface area contributed by atoms with E-state index >= 15 is 0 Å². The van der Waals surface area contributed by atoms with E-state index in [2.05, 4.69) is 6.92 Å². The maximum atomic E-state index is 12.4. The van der Waals surface area contributed by atoms with E-state index in [0.29, 0.717) is 19.0 Å². The van der Waals surface area contributed by atoms with Crippen LogP contribution in [0.2, 0.25) is 0 Å². The molecule has 1 fully saturated rings. The third kappa shape index (κ3) is 3.90. The standard InChI is InChI=1S/C17H22N2O5/c1-11-7-9-18(10-8-11)16(20)13(3)24-17(21)14-5-4-6-15(12(14)2)19(22)23/h4-6,11,13H,7-10H2,1-3H3/t13-/m0/s1. The van der Waals surface area contributed by atoms with Gasteiger partial charge in [-0.25, -0.2) is 4.79 Å². The predicted molar refractivity (Wildman–Crippen MR) is 87.7 cm³/mol. The quantitative estimate of drug-likeness (QED) is 0.480. The van der Waals surface area contributed by atoms with E-state index in [1.54, 1.807) is 4.90 Å². The number of hydrogen-bond donors (Lipinski definition) is 0. The van der Waals surface area contributed by atoms with Crippen LogP contribution in [0.5, 0.6) is 0 Å². The molecule has 0 bridgehead atoms. The van der Waals surface area contributed by atoms with Crippen molar-refractivity contribution in [3.05, 3.63) is 39.4 Å². The first-order valence-electron chi connectivity index (χ1n) is 8.05. The summed E-state index contributed by atoms with van der Waals surface area (Å²) >= 11 is 0. The van der Waals surface area contributed by atoms with Crippen LogP contribution >= 0.6 is 0 Å². The van der Waals surface area contributed by atoms with Gasteiger partial charge in [-0.3, -0.25) is 14.9 Å². The fourth-order valence-electron chi connectivity index (χ4n) is 2.80. The maximum absolute atomic E-state index is 12.4. The molecule has 0 radical (unpaired) electrons. The van der Waals surface area contributed by atoms with Crippen molar-refractivity contribution >= 4 is 17.6 Å². The number of rotatable bonds is 4. The Labute approximate surface area is 140 Å². The summed E-state index contributed by atoms with van der Waals surface area (Å²) in [4.78, 5) is 36.8. The monoisotopic (exact) mass is 334 g/mol. The molecule has 1 aromatic carbocycles. The molecule has 1 aliphatic heterocycles. The van der Waals surface area contributed by atoms with Gasteiger partial charge in [0.25, 0.3) is 11.6 Å². The number of benzene rings is 1. The largest absolute Gasteiger partial charge is 0.449 e. The molecule has 0 saturated carbocycles. The normalized spacial score (nSPS) is 16.5. The Kier molecular flexibility index (Phi) is 5.54. The lowest BCUT2D eigenvalue weighted by molar-refractivity contribution is -0.385. The van der Waals surface area contributed by atoms with Gasteiger partial charge in [0.1, 0.15) is 0 Å². The SMILES string of the molecule is Cc1c(C(=O)O[C@@H](C)C(=O)N2CCC(C)CC2)cccc1[N+](=O)[O-]. The molecule has 0 unspecified atom stereocenters. The van der Waals surface area contributed by atoms with Crippen LogP contribution in [0.4, 0.5) is 5.69 Å². The number of nitrogens with zero attached hydrogens (tertiary/aromatic N) is 2. The molecule has 1 heterocycles. The summed E-state index contributed by atoms with van der Waals surface area (Å²) in [5.74, 6) is -0.347. The molecule has 0 N–H and O–H groups in total. The van der Waals surface area contributed by atoms with Gasteiger partial charge < -0.3 is 9.64 Å². The summed E-state index contributed by atoms with van der Waals surface area (Å²) in [6, 6.07) is 4.22. The lowest BCUT2D eigenvalue weighted by Crippen LogP contribution is -2.44. The smallest absolute Gasteiger partial charge is 0.339 e. The van der Waals surface area contributed by atoms with E-state index in [9.17, 15) is 19.7 Å². The predicted octanol–water partition coefficient (Wildman–Crippen LogP) is 2.71. The van der Waals surface area contributed by atoms with Gasteiger partial charge >= 0.3 is 5.97 Å². The number of carbonyl (C=O) groups excluding carboxylic acids is 2. The first-order valence-corrected chi connectivity index (χ1v) is 8.05. The third-order valence-corrected chi connectivity index (χ3v) is 4.45. The van der Waals surface area contributed by atoms with Crippen LogP contribution in [0.15, 0.2) is 18.2 Å². The van der Waals surface area contributed by atoms with Gasteiger partial charge in [-0.2, -0.15) is 0 Å². The minimum Gasteiger partial charge on any atom is -0.449 e. The van der Waals surface area contributed by atoms with Gasteiger partial charge in [0.15, 0.2) is 6.10 Å². The Hall–Kier alpha value is -2.44. The van der Waals surface area contributed by atoms with Crippen molar-refractivity contribution in [2.45, 2.75) is 39.7 Å². The van der Waals surface area contributed by atoms with Gasteiger partial charge in [-0.05, 0) is 38.7 Å². The number of esters is 1. The molecule has 1 saturated heterocycles. The Balaban J connectivity index is 2.05. The van der Waals surface area contributed by atoms with Crippen molar-refractivity contribution < 1.29 is 19.2 Å². The molecule has 0 aliphatic carbocycles. The zero-order valence-corrected chi connectivity index (χ0v) is 14.2. The second-order valence-electron chi connectivity index (χ2n) is 6.26. The number of nitro benzene ring substituents is 1. The van der Waals surface area contributed by atoms with Gasteiger partial charge in [0.05, 0.1) is 10.5 Å². The Bertz CT molecular complexity index is 650. The van der Waals surface area contributed by atoms with Crippen molar-refractivity contribution in [2.75, 3.05) is 13.1 Å². The fourth-order valence-corrected chi connectivity index (χ4v) is 2.80. The topological polar surface area (TPSA) is 89.8 Å². The molecule has 0 spiro atoms. The number of likely N-dealkylation sites (tertiary alicyclic amines) is 1. The average molecular weight is 334 g/mol. The summed E-state index contributed by atoms with van der Waals surface area (Å²) in [7, 11) is 0. The number of piperidine rings is 1. The molecule has 1 aliphatic rings. The molecule has 7 nitrogen and oxygen atoms in total. The van der Waals surface area contributed by atoms with Crippen molar-refractivity contribution in [3.63, 3.8) is 0 Å². The van der Waals surface area contributed by atoms with Crippen LogP contribution < -0.4 is 0 Å². The lowest BCUT2D eigenvalue weighted by atomic mass is 9.99. The van der Waals surface area contributed by atoms with Gasteiger partial charge in [0, 0.05) is 24.7 Å². The lowest BCUT2D eigenvalue weighted by Gasteiger charge is -2.31. The highest BCUT2D eigenvalue weighted by atomic mass is 16.6. The van der Waals surface area contributed by atoms with E-state index in [4.69, 9.17) is 4.74 Å². The van der Waals surface area contributed by atoms with E-state index in [0.717, 1.165) is 12.8 Å². The Morgan fingerprint density at radius 3 is 2.54 bits per heavy atom. The van der Waals surface area contributed by atoms with Crippen molar-refractivity contribution in [2.24, 2.45) is 5.92 Å². The zero-order chi connectivity index (χ0) is 17.9. The molecule has 1 amide bonds. The molecule has 24 heavy (non-hydrogen) atoms. The van der Waals surface area contributed by atoms with E-state index in [1.807, 2.05) is 0 Å². The summed E-state index contributed by atoms with van der Waals surface area (Å²) in [5.41, 5.74) is 0.198. The van der Waals surface area contributed by atoms with E-state index in [1.165, 1.54) is 32.0 Å². The molecule has 1 aromatic rings. The Morgan fingerprint density at radius 1 is 1.33 bits per heavy atom. The van der Waals surface area contributed by atoms with Gasteiger partial charge in [-0.15, -0.1) is 0 Å². The summed E-state index contributed by atoms with van der Waals surface area (Å²) in [6.07, 6.45) is 0.969. The van der Waals surface area contributed by atoms with E-state index < -0.39 is 17.0 Å². The third-order valence-electron chi connectivity index (χ3n) is 4.45. The number of ether oxygens (including phenoxy) is 1. The minimum absolute atomic E-state index is 0.108. The Morgan fingerprint density at radius 2 is 1.96 bits per heavy atom. The summed E-state index contributed by atoms with van der Waals surface area (Å²) in [6.45, 7) is 6.50. The highest BCUT2D eigenvalue weighted by molar-refractivity contribution is 5.94. The molecular formula is C17H22N2O5. The fraction of sp³-hybridized carbons (Fsp3) is 0.529. The highest BCUT2D eigenvalue weighted by Crippen LogP contribution is 2.22. The van der Waals surface area contributed by atoms with Gasteiger partial charge in [0.2, 0.25) is 0 Å². The second-order valence-corrected chi connectivity index (χ2v) is 6.26. The molecule has 7 heteroatoms. The van der Waals surface area contributed by atoms with Crippen LogP contribution in [-0.2, 0) is 9.53 Å². The minimum atomic E-state index is -0.912. The number of nitro groups is 1. The van der Waals surface area contributed by atoms with Crippen LogP contribution in [0.25, 0.3) is 0 Å².